The van der Waals surface area contributed by atoms with Crippen molar-refractivity contribution in [2.24, 2.45) is 0 Å². The van der Waals surface area contributed by atoms with Crippen LogP contribution in [0, 0.1) is 5.82 Å². The number of halogens is 3. The highest BCUT2D eigenvalue weighted by Gasteiger charge is 2.37. The second kappa shape index (κ2) is 10.5. The Kier molecular flexibility index (Phi) is 7.95. The number of aliphatic hydroxyl groups excluding tert-OH is 5. The molecule has 0 aliphatic carbocycles. The Morgan fingerprint density at radius 1 is 1.09 bits per heavy atom. The van der Waals surface area contributed by atoms with E-state index >= 15 is 0 Å². The first-order valence-electron chi connectivity index (χ1n) is 9.69. The maximum atomic E-state index is 14.8. The van der Waals surface area contributed by atoms with Crippen LogP contribution in [0.15, 0.2) is 36.7 Å². The molecule has 9 nitrogen and oxygen atoms in total. The number of hydrogen-bond donors (Lipinski definition) is 6. The summed E-state index contributed by atoms with van der Waals surface area (Å²) < 4.78 is 34.2. The maximum Gasteiger partial charge on any atom is 0.159 e. The van der Waals surface area contributed by atoms with Crippen LogP contribution in [0.5, 0.6) is 5.75 Å². The first kappa shape index (κ1) is 25.0. The SMILES string of the molecule is COc1cc2c(Nc3ccc(Cl)cc3F)ncnc2cc1C(O)[C@@H](F)[C@H](O)[C@@H](O)[C@H](O)CO. The third kappa shape index (κ3) is 5.29. The molecule has 0 fully saturated rings. The van der Waals surface area contributed by atoms with Crippen molar-refractivity contribution >= 4 is 34.0 Å². The van der Waals surface area contributed by atoms with Crippen molar-refractivity contribution in [3.8, 4) is 5.75 Å². The number of benzene rings is 2. The van der Waals surface area contributed by atoms with Crippen molar-refractivity contribution in [1.82, 2.24) is 9.97 Å². The van der Waals surface area contributed by atoms with E-state index in [0.717, 1.165) is 6.07 Å². The van der Waals surface area contributed by atoms with E-state index in [1.807, 2.05) is 0 Å². The summed E-state index contributed by atoms with van der Waals surface area (Å²) in [5.74, 6) is -0.429. The van der Waals surface area contributed by atoms with E-state index in [4.69, 9.17) is 21.4 Å². The molecule has 178 valence electrons. The lowest BCUT2D eigenvalue weighted by Gasteiger charge is -2.27. The number of nitrogens with one attached hydrogen (secondary N) is 1. The van der Waals surface area contributed by atoms with Crippen LogP contribution in [0.1, 0.15) is 11.7 Å². The molecule has 5 atom stereocenters. The van der Waals surface area contributed by atoms with E-state index in [2.05, 4.69) is 15.3 Å². The van der Waals surface area contributed by atoms with Gasteiger partial charge in [0.05, 0.1) is 24.9 Å². The average Bonchev–Trinajstić information content (AvgIpc) is 2.82. The van der Waals surface area contributed by atoms with E-state index in [1.165, 1.54) is 37.7 Å². The number of alkyl halides is 1. The van der Waals surface area contributed by atoms with Gasteiger partial charge in [-0.25, -0.2) is 18.7 Å². The highest BCUT2D eigenvalue weighted by atomic mass is 35.5. The predicted octanol–water partition coefficient (Wildman–Crippen LogP) is 1.62. The molecule has 0 bridgehead atoms. The summed E-state index contributed by atoms with van der Waals surface area (Å²) in [6.07, 6.45) is -9.32. The van der Waals surface area contributed by atoms with Crippen molar-refractivity contribution < 1.29 is 39.1 Å². The molecule has 0 aliphatic heterocycles. The maximum absolute atomic E-state index is 14.8. The van der Waals surface area contributed by atoms with Gasteiger partial charge >= 0.3 is 0 Å². The van der Waals surface area contributed by atoms with Crippen LogP contribution in [-0.2, 0) is 0 Å². The predicted molar refractivity (Wildman–Crippen MR) is 116 cm³/mol. The molecule has 0 amide bonds. The molecule has 2 aromatic carbocycles. The van der Waals surface area contributed by atoms with Crippen molar-refractivity contribution in [3.63, 3.8) is 0 Å². The molecule has 33 heavy (non-hydrogen) atoms. The van der Waals surface area contributed by atoms with Crippen LogP contribution >= 0.6 is 11.6 Å². The van der Waals surface area contributed by atoms with Gasteiger partial charge in [0, 0.05) is 16.0 Å². The quantitative estimate of drug-likeness (QED) is 0.266. The van der Waals surface area contributed by atoms with Gasteiger partial charge in [0.1, 0.15) is 48.1 Å². The van der Waals surface area contributed by atoms with Gasteiger partial charge in [0.15, 0.2) is 6.17 Å². The monoisotopic (exact) mass is 485 g/mol. The van der Waals surface area contributed by atoms with Gasteiger partial charge in [-0.1, -0.05) is 11.6 Å². The van der Waals surface area contributed by atoms with E-state index in [9.17, 15) is 29.2 Å². The van der Waals surface area contributed by atoms with Crippen molar-refractivity contribution in [1.29, 1.82) is 0 Å². The van der Waals surface area contributed by atoms with Crippen molar-refractivity contribution in [2.45, 2.75) is 30.6 Å². The number of aliphatic hydroxyl groups is 5. The molecular formula is C21H22ClF2N3O6. The molecule has 12 heteroatoms. The fourth-order valence-electron chi connectivity index (χ4n) is 3.21. The minimum Gasteiger partial charge on any atom is -0.496 e. The fourth-order valence-corrected chi connectivity index (χ4v) is 3.37. The highest BCUT2D eigenvalue weighted by molar-refractivity contribution is 6.30. The van der Waals surface area contributed by atoms with Crippen LogP contribution in [-0.4, -0.2) is 73.7 Å². The van der Waals surface area contributed by atoms with Gasteiger partial charge in [0.2, 0.25) is 0 Å². The molecule has 0 radical (unpaired) electrons. The summed E-state index contributed by atoms with van der Waals surface area (Å²) >= 11 is 5.77. The molecule has 3 rings (SSSR count). The third-order valence-electron chi connectivity index (χ3n) is 5.05. The standard InChI is InChI=1S/C21H22ClF2N3O6/c1-33-16-6-10-14(5-11(16)18(30)17(24)20(32)19(31)15(29)7-28)25-8-26-21(10)27-13-3-2-9(22)4-12(13)23/h2-6,8,15,17-20,28-32H,7H2,1H3,(H,25,26,27)/t15-,17-,18?,19+,20+/m1/s1. The number of hydrogen-bond acceptors (Lipinski definition) is 9. The van der Waals surface area contributed by atoms with E-state index in [0.29, 0.717) is 5.39 Å². The summed E-state index contributed by atoms with van der Waals surface area (Å²) in [5.41, 5.74) is 0.213. The summed E-state index contributed by atoms with van der Waals surface area (Å²) in [6.45, 7) is -0.915. The Hall–Kier alpha value is -2.67. The number of rotatable bonds is 9. The normalized spacial score (nSPS) is 16.2. The Morgan fingerprint density at radius 2 is 1.82 bits per heavy atom. The molecular weight excluding hydrogens is 464 g/mol. The number of aromatic nitrogens is 2. The zero-order valence-electron chi connectivity index (χ0n) is 17.2. The summed E-state index contributed by atoms with van der Waals surface area (Å²) in [5, 5.41) is 51.9. The molecule has 1 unspecified atom stereocenters. The van der Waals surface area contributed by atoms with Crippen LogP contribution in [0.25, 0.3) is 10.9 Å². The molecule has 6 N–H and O–H groups in total. The Morgan fingerprint density at radius 3 is 2.45 bits per heavy atom. The summed E-state index contributed by atoms with van der Waals surface area (Å²) in [7, 11) is 1.27. The van der Waals surface area contributed by atoms with Gasteiger partial charge in [0.25, 0.3) is 0 Å². The van der Waals surface area contributed by atoms with Crippen LogP contribution in [0.4, 0.5) is 20.3 Å². The van der Waals surface area contributed by atoms with Gasteiger partial charge in [-0.2, -0.15) is 0 Å². The number of anilines is 2. The lowest BCUT2D eigenvalue weighted by molar-refractivity contribution is -0.119. The van der Waals surface area contributed by atoms with Gasteiger partial charge in [-0.15, -0.1) is 0 Å². The Balaban J connectivity index is 1.98. The number of ether oxygens (including phenoxy) is 1. The smallest absolute Gasteiger partial charge is 0.159 e. The van der Waals surface area contributed by atoms with Crippen molar-refractivity contribution in [2.75, 3.05) is 19.0 Å². The minimum atomic E-state index is -2.45. The molecule has 1 heterocycles. The number of methoxy groups -OCH3 is 1. The number of nitrogens with zero attached hydrogens (tertiary/aromatic N) is 2. The van der Waals surface area contributed by atoms with E-state index in [-0.39, 0.29) is 33.4 Å². The molecule has 1 aromatic heterocycles. The molecule has 0 spiro atoms. The molecule has 3 aromatic rings. The lowest BCUT2D eigenvalue weighted by atomic mass is 9.95. The van der Waals surface area contributed by atoms with Crippen LogP contribution in [0.3, 0.4) is 0 Å². The zero-order valence-corrected chi connectivity index (χ0v) is 18.0. The second-order valence-corrected chi connectivity index (χ2v) is 7.64. The van der Waals surface area contributed by atoms with E-state index in [1.54, 1.807) is 0 Å². The average molecular weight is 486 g/mol. The van der Waals surface area contributed by atoms with Crippen LogP contribution < -0.4 is 10.1 Å². The zero-order chi connectivity index (χ0) is 24.3. The third-order valence-corrected chi connectivity index (χ3v) is 5.28. The fraction of sp³-hybridized carbons (Fsp3) is 0.333. The minimum absolute atomic E-state index is 0.00326. The number of fused-ring (bicyclic) bond motifs is 1. The van der Waals surface area contributed by atoms with Gasteiger partial charge < -0.3 is 35.6 Å². The topological polar surface area (TPSA) is 148 Å². The van der Waals surface area contributed by atoms with E-state index < -0.39 is 43.0 Å². The summed E-state index contributed by atoms with van der Waals surface area (Å²) in [4.78, 5) is 8.17. The summed E-state index contributed by atoms with van der Waals surface area (Å²) in [6, 6.07) is 6.71. The second-order valence-electron chi connectivity index (χ2n) is 7.20. The molecule has 0 aliphatic rings. The van der Waals surface area contributed by atoms with Gasteiger partial charge in [-0.05, 0) is 30.3 Å². The highest BCUT2D eigenvalue weighted by Crippen LogP contribution is 2.36. The lowest BCUT2D eigenvalue weighted by Crippen LogP contribution is -2.46. The molecule has 0 saturated heterocycles. The first-order valence-corrected chi connectivity index (χ1v) is 10.1. The van der Waals surface area contributed by atoms with Gasteiger partial charge in [-0.3, -0.25) is 0 Å². The first-order chi connectivity index (χ1) is 15.7. The Labute approximate surface area is 191 Å². The molecule has 0 saturated carbocycles. The van der Waals surface area contributed by atoms with Crippen LogP contribution in [0.2, 0.25) is 5.02 Å². The Bertz CT molecular complexity index is 1120. The van der Waals surface area contributed by atoms with Crippen molar-refractivity contribution in [3.05, 3.63) is 53.1 Å². The largest absolute Gasteiger partial charge is 0.496 e.